The summed E-state index contributed by atoms with van der Waals surface area (Å²) < 4.78 is 22.4. The van der Waals surface area contributed by atoms with Gasteiger partial charge in [-0.3, -0.25) is 4.79 Å². The molecule has 0 spiro atoms. The van der Waals surface area contributed by atoms with Gasteiger partial charge in [-0.1, -0.05) is 0 Å². The zero-order valence-electron chi connectivity index (χ0n) is 7.94. The molecular weight excluding hydrogens is 220 g/mol. The highest BCUT2D eigenvalue weighted by Crippen LogP contribution is 2.30. The Morgan fingerprint density at radius 3 is 2.50 bits per heavy atom. The second-order valence-corrected chi connectivity index (χ2v) is 7.44. The van der Waals surface area contributed by atoms with Crippen molar-refractivity contribution in [3.05, 3.63) is 0 Å². The largest absolute Gasteiger partial charge is 0.299 e. The first-order valence-corrected chi connectivity index (χ1v) is 7.88. The second kappa shape index (κ2) is 3.85. The minimum absolute atomic E-state index is 0.104. The van der Waals surface area contributed by atoms with Crippen LogP contribution in [0.1, 0.15) is 12.8 Å². The minimum atomic E-state index is -2.90. The van der Waals surface area contributed by atoms with Crippen LogP contribution in [-0.2, 0) is 14.6 Å². The molecule has 2 heterocycles. The zero-order chi connectivity index (χ0) is 10.2. The molecule has 2 aliphatic rings. The average molecular weight is 234 g/mol. The number of carbonyl (C=O) groups is 1. The molecule has 0 saturated carbocycles. The van der Waals surface area contributed by atoms with E-state index in [4.69, 9.17) is 0 Å². The van der Waals surface area contributed by atoms with Gasteiger partial charge in [-0.15, -0.1) is 0 Å². The maximum atomic E-state index is 11.9. The lowest BCUT2D eigenvalue weighted by Gasteiger charge is -2.11. The minimum Gasteiger partial charge on any atom is -0.299 e. The molecule has 0 N–H and O–H groups in total. The van der Waals surface area contributed by atoms with E-state index in [9.17, 15) is 13.2 Å². The van der Waals surface area contributed by atoms with E-state index in [0.29, 0.717) is 6.42 Å². The van der Waals surface area contributed by atoms with Crippen LogP contribution in [0.4, 0.5) is 0 Å². The SMILES string of the molecule is O=C(C1CCSC1)C1CCS(=O)(=O)C1. The summed E-state index contributed by atoms with van der Waals surface area (Å²) >= 11 is 1.80. The van der Waals surface area contributed by atoms with Crippen LogP contribution in [0, 0.1) is 11.8 Å². The van der Waals surface area contributed by atoms with E-state index in [1.807, 2.05) is 0 Å². The van der Waals surface area contributed by atoms with Gasteiger partial charge in [-0.25, -0.2) is 8.42 Å². The summed E-state index contributed by atoms with van der Waals surface area (Å²) in [6, 6.07) is 0. The van der Waals surface area contributed by atoms with Crippen molar-refractivity contribution in [3.8, 4) is 0 Å². The first-order chi connectivity index (χ1) is 6.58. The first-order valence-electron chi connectivity index (χ1n) is 4.90. The number of rotatable bonds is 2. The van der Waals surface area contributed by atoms with Gasteiger partial charge in [0.1, 0.15) is 5.78 Å². The van der Waals surface area contributed by atoms with Gasteiger partial charge < -0.3 is 0 Å². The molecule has 80 valence electrons. The molecule has 2 atom stereocenters. The highest BCUT2D eigenvalue weighted by Gasteiger charge is 2.37. The van der Waals surface area contributed by atoms with Gasteiger partial charge in [-0.05, 0) is 18.6 Å². The van der Waals surface area contributed by atoms with Gasteiger partial charge in [0.2, 0.25) is 0 Å². The van der Waals surface area contributed by atoms with E-state index in [0.717, 1.165) is 17.9 Å². The fourth-order valence-electron chi connectivity index (χ4n) is 2.11. The maximum Gasteiger partial charge on any atom is 0.151 e. The number of sulfone groups is 1. The summed E-state index contributed by atoms with van der Waals surface area (Å²) in [5.41, 5.74) is 0. The third-order valence-electron chi connectivity index (χ3n) is 2.97. The Hall–Kier alpha value is -0.0300. The topological polar surface area (TPSA) is 51.2 Å². The van der Waals surface area contributed by atoms with Crippen molar-refractivity contribution in [3.63, 3.8) is 0 Å². The average Bonchev–Trinajstić information content (AvgIpc) is 2.72. The third kappa shape index (κ3) is 2.14. The smallest absolute Gasteiger partial charge is 0.151 e. The van der Waals surface area contributed by atoms with Crippen LogP contribution in [0.5, 0.6) is 0 Å². The summed E-state index contributed by atoms with van der Waals surface area (Å²) in [4.78, 5) is 11.9. The predicted octanol–water partition coefficient (Wildman–Crippen LogP) is 0.743. The van der Waals surface area contributed by atoms with Crippen molar-refractivity contribution in [2.45, 2.75) is 12.8 Å². The third-order valence-corrected chi connectivity index (χ3v) is 5.90. The van der Waals surface area contributed by atoms with Gasteiger partial charge in [0.15, 0.2) is 9.84 Å². The van der Waals surface area contributed by atoms with E-state index in [1.54, 1.807) is 11.8 Å². The Kier molecular flexibility index (Phi) is 2.88. The van der Waals surface area contributed by atoms with Crippen molar-refractivity contribution in [1.82, 2.24) is 0 Å². The van der Waals surface area contributed by atoms with Crippen molar-refractivity contribution in [2.24, 2.45) is 11.8 Å². The molecule has 0 aromatic carbocycles. The second-order valence-electron chi connectivity index (χ2n) is 4.06. The quantitative estimate of drug-likeness (QED) is 0.707. The molecule has 0 amide bonds. The van der Waals surface area contributed by atoms with Crippen LogP contribution in [-0.4, -0.2) is 37.2 Å². The lowest BCUT2D eigenvalue weighted by atomic mass is 9.92. The standard InChI is InChI=1S/C9H14O3S2/c10-9(7-1-3-13-5-7)8-2-4-14(11,12)6-8/h7-8H,1-6H2. The van der Waals surface area contributed by atoms with E-state index >= 15 is 0 Å². The Bertz CT molecular complexity index is 328. The Morgan fingerprint density at radius 1 is 1.21 bits per heavy atom. The van der Waals surface area contributed by atoms with Gasteiger partial charge in [0.05, 0.1) is 11.5 Å². The van der Waals surface area contributed by atoms with Crippen LogP contribution >= 0.6 is 11.8 Å². The molecule has 0 aliphatic carbocycles. The number of thioether (sulfide) groups is 1. The van der Waals surface area contributed by atoms with Gasteiger partial charge in [0.25, 0.3) is 0 Å². The number of carbonyl (C=O) groups excluding carboxylic acids is 1. The highest BCUT2D eigenvalue weighted by atomic mass is 32.2. The van der Waals surface area contributed by atoms with E-state index < -0.39 is 9.84 Å². The summed E-state index contributed by atoms with van der Waals surface area (Å²) in [7, 11) is -2.90. The van der Waals surface area contributed by atoms with E-state index in [2.05, 4.69) is 0 Å². The first kappa shape index (κ1) is 10.5. The molecule has 0 aromatic heterocycles. The van der Waals surface area contributed by atoms with Gasteiger partial charge in [0, 0.05) is 17.6 Å². The normalized spacial score (nSPS) is 36.0. The fourth-order valence-corrected chi connectivity index (χ4v) is 5.10. The highest BCUT2D eigenvalue weighted by molar-refractivity contribution is 7.99. The Labute approximate surface area is 88.6 Å². The van der Waals surface area contributed by atoms with Crippen molar-refractivity contribution >= 4 is 27.4 Å². The van der Waals surface area contributed by atoms with Crippen LogP contribution in [0.3, 0.4) is 0 Å². The lowest BCUT2D eigenvalue weighted by molar-refractivity contribution is -0.125. The van der Waals surface area contributed by atoms with E-state index in [-0.39, 0.29) is 29.1 Å². The Morgan fingerprint density at radius 2 is 2.00 bits per heavy atom. The number of hydrogen-bond acceptors (Lipinski definition) is 4. The number of Topliss-reactive ketones (excluding diaryl/α,β-unsaturated/α-hetero) is 1. The molecule has 0 radical (unpaired) electrons. The van der Waals surface area contributed by atoms with Gasteiger partial charge >= 0.3 is 0 Å². The van der Waals surface area contributed by atoms with Crippen molar-refractivity contribution < 1.29 is 13.2 Å². The number of ketones is 1. The molecule has 3 nitrogen and oxygen atoms in total. The summed E-state index contributed by atoms with van der Waals surface area (Å²) in [6.45, 7) is 0. The lowest BCUT2D eigenvalue weighted by Crippen LogP contribution is -2.24. The van der Waals surface area contributed by atoms with Crippen LogP contribution in [0.2, 0.25) is 0 Å². The van der Waals surface area contributed by atoms with E-state index in [1.165, 1.54) is 0 Å². The summed E-state index contributed by atoms with van der Waals surface area (Å²) in [6.07, 6.45) is 1.50. The fraction of sp³-hybridized carbons (Fsp3) is 0.889. The molecule has 14 heavy (non-hydrogen) atoms. The molecule has 2 unspecified atom stereocenters. The van der Waals surface area contributed by atoms with Crippen LogP contribution in [0.25, 0.3) is 0 Å². The summed E-state index contributed by atoms with van der Waals surface area (Å²) in [5, 5.41) is 0. The molecule has 0 aromatic rings. The molecule has 2 aliphatic heterocycles. The van der Waals surface area contributed by atoms with Crippen molar-refractivity contribution in [1.29, 1.82) is 0 Å². The molecule has 0 bridgehead atoms. The Balaban J connectivity index is 1.99. The zero-order valence-corrected chi connectivity index (χ0v) is 9.57. The number of hydrogen-bond donors (Lipinski definition) is 0. The molecule has 2 fully saturated rings. The maximum absolute atomic E-state index is 11.9. The predicted molar refractivity (Wildman–Crippen MR) is 57.2 cm³/mol. The van der Waals surface area contributed by atoms with Crippen molar-refractivity contribution in [2.75, 3.05) is 23.0 Å². The molecular formula is C9H14O3S2. The molecule has 2 rings (SSSR count). The molecule has 5 heteroatoms. The summed E-state index contributed by atoms with van der Waals surface area (Å²) in [5.74, 6) is 2.42. The van der Waals surface area contributed by atoms with Gasteiger partial charge in [-0.2, -0.15) is 11.8 Å². The molecule has 2 saturated heterocycles. The van der Waals surface area contributed by atoms with Crippen LogP contribution < -0.4 is 0 Å². The van der Waals surface area contributed by atoms with Crippen LogP contribution in [0.15, 0.2) is 0 Å². The monoisotopic (exact) mass is 234 g/mol.